The molecule has 1 N–H and O–H groups in total. The van der Waals surface area contributed by atoms with Gasteiger partial charge in [-0.25, -0.2) is 4.98 Å². The van der Waals surface area contributed by atoms with E-state index in [1.165, 1.54) is 44.5 Å². The van der Waals surface area contributed by atoms with Gasteiger partial charge in [0.25, 0.3) is 0 Å². The summed E-state index contributed by atoms with van der Waals surface area (Å²) in [5, 5.41) is 3.08. The molecule has 1 atom stereocenters. The summed E-state index contributed by atoms with van der Waals surface area (Å²) < 4.78 is 0. The summed E-state index contributed by atoms with van der Waals surface area (Å²) in [6, 6.07) is 13.0. The van der Waals surface area contributed by atoms with Crippen molar-refractivity contribution in [2.45, 2.75) is 32.6 Å². The van der Waals surface area contributed by atoms with Crippen LogP contribution in [0.5, 0.6) is 0 Å². The summed E-state index contributed by atoms with van der Waals surface area (Å²) in [4.78, 5) is 14.3. The van der Waals surface area contributed by atoms with Crippen LogP contribution < -0.4 is 10.2 Å². The number of piperidine rings is 1. The van der Waals surface area contributed by atoms with E-state index in [1.807, 2.05) is 14.0 Å². The fraction of sp³-hybridized carbons (Fsp3) is 0.545. The fourth-order valence-electron chi connectivity index (χ4n) is 4.72. The van der Waals surface area contributed by atoms with Gasteiger partial charge in [-0.05, 0) is 44.7 Å². The Bertz CT molecular complexity index is 763. The van der Waals surface area contributed by atoms with E-state index in [0.29, 0.717) is 5.41 Å². The lowest BCUT2D eigenvalue weighted by atomic mass is 9.79. The largest absolute Gasteiger partial charge is 0.357 e. The molecule has 0 bridgehead atoms. The van der Waals surface area contributed by atoms with Crippen LogP contribution in [0.1, 0.15) is 30.5 Å². The van der Waals surface area contributed by atoms with Crippen LogP contribution in [0.4, 0.5) is 11.8 Å². The zero-order chi connectivity index (χ0) is 18.7. The van der Waals surface area contributed by atoms with E-state index in [9.17, 15) is 0 Å². The normalized spacial score (nSPS) is 23.1. The quantitative estimate of drug-likeness (QED) is 0.880. The summed E-state index contributed by atoms with van der Waals surface area (Å²) in [6.45, 7) is 7.90. The van der Waals surface area contributed by atoms with Crippen molar-refractivity contribution in [3.63, 3.8) is 0 Å². The standard InChI is InChI=1S/C22H31N5/c1-18-15-20(25-21(23-2)24-18)27-14-11-22(17-27)10-6-12-26(16-22)13-9-19-7-4-3-5-8-19/h3-5,7-8,15H,6,9-14,16-17H2,1-2H3,(H,23,24,25). The molecule has 0 amide bonds. The molecule has 1 aromatic heterocycles. The summed E-state index contributed by atoms with van der Waals surface area (Å²) >= 11 is 0. The summed E-state index contributed by atoms with van der Waals surface area (Å²) in [5.41, 5.74) is 2.90. The zero-order valence-corrected chi connectivity index (χ0v) is 16.6. The van der Waals surface area contributed by atoms with Crippen molar-refractivity contribution in [2.24, 2.45) is 5.41 Å². The van der Waals surface area contributed by atoms with E-state index in [0.717, 1.165) is 37.0 Å². The minimum atomic E-state index is 0.424. The SMILES string of the molecule is CNc1nc(C)cc(N2CCC3(CCCN(CCc4ccccc4)C3)C2)n1. The highest BCUT2D eigenvalue weighted by Gasteiger charge is 2.41. The number of hydrogen-bond acceptors (Lipinski definition) is 5. The molecule has 5 nitrogen and oxygen atoms in total. The molecular weight excluding hydrogens is 334 g/mol. The van der Waals surface area contributed by atoms with Crippen molar-refractivity contribution in [1.82, 2.24) is 14.9 Å². The first-order valence-corrected chi connectivity index (χ1v) is 10.2. The number of rotatable bonds is 5. The van der Waals surface area contributed by atoms with E-state index in [1.54, 1.807) is 0 Å². The van der Waals surface area contributed by atoms with Gasteiger partial charge in [0, 0.05) is 50.4 Å². The van der Waals surface area contributed by atoms with Gasteiger partial charge in [-0.3, -0.25) is 0 Å². The van der Waals surface area contributed by atoms with Crippen LogP contribution in [-0.2, 0) is 6.42 Å². The number of aromatic nitrogens is 2. The number of nitrogens with one attached hydrogen (secondary N) is 1. The van der Waals surface area contributed by atoms with Crippen LogP contribution in [0.25, 0.3) is 0 Å². The van der Waals surface area contributed by atoms with Crippen molar-refractivity contribution in [2.75, 3.05) is 50.0 Å². The molecule has 27 heavy (non-hydrogen) atoms. The zero-order valence-electron chi connectivity index (χ0n) is 16.6. The predicted molar refractivity (Wildman–Crippen MR) is 111 cm³/mol. The molecule has 5 heteroatoms. The summed E-state index contributed by atoms with van der Waals surface area (Å²) in [6.07, 6.45) is 5.07. The van der Waals surface area contributed by atoms with Gasteiger partial charge in [0.15, 0.2) is 0 Å². The van der Waals surface area contributed by atoms with Crippen LogP contribution >= 0.6 is 0 Å². The first-order chi connectivity index (χ1) is 13.2. The maximum Gasteiger partial charge on any atom is 0.224 e. The lowest BCUT2D eigenvalue weighted by molar-refractivity contribution is 0.106. The second-order valence-corrected chi connectivity index (χ2v) is 8.23. The molecule has 2 saturated heterocycles. The topological polar surface area (TPSA) is 44.3 Å². The molecule has 1 aromatic carbocycles. The Labute approximate surface area is 162 Å². The van der Waals surface area contributed by atoms with Gasteiger partial charge in [-0.15, -0.1) is 0 Å². The first kappa shape index (κ1) is 18.2. The van der Waals surface area contributed by atoms with Crippen LogP contribution in [0.3, 0.4) is 0 Å². The van der Waals surface area contributed by atoms with E-state index < -0.39 is 0 Å². The Morgan fingerprint density at radius 2 is 1.93 bits per heavy atom. The van der Waals surface area contributed by atoms with E-state index in [2.05, 4.69) is 56.5 Å². The molecule has 0 radical (unpaired) electrons. The number of likely N-dealkylation sites (tertiary alicyclic amines) is 1. The molecule has 2 fully saturated rings. The highest BCUT2D eigenvalue weighted by atomic mass is 15.3. The summed E-state index contributed by atoms with van der Waals surface area (Å²) in [5.74, 6) is 1.80. The van der Waals surface area contributed by atoms with Crippen molar-refractivity contribution in [1.29, 1.82) is 0 Å². The molecule has 0 saturated carbocycles. The Balaban J connectivity index is 1.40. The molecule has 2 aliphatic rings. The van der Waals surface area contributed by atoms with E-state index in [4.69, 9.17) is 4.98 Å². The van der Waals surface area contributed by atoms with Gasteiger partial charge in [0.1, 0.15) is 5.82 Å². The van der Waals surface area contributed by atoms with Crippen LogP contribution in [0.2, 0.25) is 0 Å². The van der Waals surface area contributed by atoms with Gasteiger partial charge in [-0.1, -0.05) is 30.3 Å². The first-order valence-electron chi connectivity index (χ1n) is 10.2. The second kappa shape index (κ2) is 7.85. The molecule has 0 aliphatic carbocycles. The average molecular weight is 366 g/mol. The number of nitrogens with zero attached hydrogens (tertiary/aromatic N) is 4. The number of hydrogen-bond donors (Lipinski definition) is 1. The minimum Gasteiger partial charge on any atom is -0.357 e. The average Bonchev–Trinajstić information content (AvgIpc) is 3.10. The highest BCUT2D eigenvalue weighted by molar-refractivity contribution is 5.46. The monoisotopic (exact) mass is 365 g/mol. The Morgan fingerprint density at radius 1 is 1.07 bits per heavy atom. The number of anilines is 2. The van der Waals surface area contributed by atoms with Crippen LogP contribution in [0, 0.1) is 12.3 Å². The molecule has 2 aromatic rings. The lowest BCUT2D eigenvalue weighted by Crippen LogP contribution is -2.45. The molecule has 1 spiro atoms. The van der Waals surface area contributed by atoms with Gasteiger partial charge in [0.2, 0.25) is 5.95 Å². The molecule has 2 aliphatic heterocycles. The van der Waals surface area contributed by atoms with Gasteiger partial charge in [0.05, 0.1) is 0 Å². The Kier molecular flexibility index (Phi) is 5.30. The van der Waals surface area contributed by atoms with Crippen molar-refractivity contribution in [3.8, 4) is 0 Å². The van der Waals surface area contributed by atoms with E-state index in [-0.39, 0.29) is 0 Å². The number of benzene rings is 1. The molecule has 144 valence electrons. The summed E-state index contributed by atoms with van der Waals surface area (Å²) in [7, 11) is 1.88. The molecule has 4 rings (SSSR count). The van der Waals surface area contributed by atoms with E-state index >= 15 is 0 Å². The van der Waals surface area contributed by atoms with Gasteiger partial charge < -0.3 is 15.1 Å². The Morgan fingerprint density at radius 3 is 2.74 bits per heavy atom. The molecular formula is C22H31N5. The predicted octanol–water partition coefficient (Wildman–Crippen LogP) is 3.36. The smallest absolute Gasteiger partial charge is 0.224 e. The minimum absolute atomic E-state index is 0.424. The van der Waals surface area contributed by atoms with Crippen molar-refractivity contribution in [3.05, 3.63) is 47.7 Å². The van der Waals surface area contributed by atoms with Crippen LogP contribution in [-0.4, -0.2) is 54.6 Å². The molecule has 1 unspecified atom stereocenters. The highest BCUT2D eigenvalue weighted by Crippen LogP contribution is 2.40. The third-order valence-electron chi connectivity index (χ3n) is 6.13. The maximum atomic E-state index is 4.70. The fourth-order valence-corrected chi connectivity index (χ4v) is 4.72. The van der Waals surface area contributed by atoms with Gasteiger partial charge in [-0.2, -0.15) is 4.98 Å². The third-order valence-corrected chi connectivity index (χ3v) is 6.13. The second-order valence-electron chi connectivity index (χ2n) is 8.23. The Hall–Kier alpha value is -2.14. The lowest BCUT2D eigenvalue weighted by Gasteiger charge is -2.40. The number of aryl methyl sites for hydroxylation is 1. The molecule has 3 heterocycles. The van der Waals surface area contributed by atoms with Gasteiger partial charge >= 0.3 is 0 Å². The maximum absolute atomic E-state index is 4.70. The van der Waals surface area contributed by atoms with Crippen molar-refractivity contribution < 1.29 is 0 Å². The van der Waals surface area contributed by atoms with Crippen molar-refractivity contribution >= 4 is 11.8 Å². The third kappa shape index (κ3) is 4.24. The van der Waals surface area contributed by atoms with Crippen LogP contribution in [0.15, 0.2) is 36.4 Å².